The summed E-state index contributed by atoms with van der Waals surface area (Å²) < 4.78 is 29.5. The molecule has 3 atom stereocenters. The van der Waals surface area contributed by atoms with Gasteiger partial charge in [0.25, 0.3) is 5.91 Å². The van der Waals surface area contributed by atoms with Gasteiger partial charge in [-0.1, -0.05) is 13.0 Å². The molecule has 12 heteroatoms. The summed E-state index contributed by atoms with van der Waals surface area (Å²) in [7, 11) is 3.24. The smallest absolute Gasteiger partial charge is 0.325 e. The number of hydrogen-bond acceptors (Lipinski definition) is 6. The number of aromatic nitrogens is 3. The lowest BCUT2D eigenvalue weighted by Crippen LogP contribution is -2.70. The average Bonchev–Trinajstić information content (AvgIpc) is 3.32. The van der Waals surface area contributed by atoms with Crippen molar-refractivity contribution in [3.8, 4) is 0 Å². The molecule has 0 saturated carbocycles. The van der Waals surface area contributed by atoms with Crippen LogP contribution in [0.15, 0.2) is 42.9 Å². The van der Waals surface area contributed by atoms with E-state index in [1.807, 2.05) is 0 Å². The van der Waals surface area contributed by atoms with Crippen molar-refractivity contribution in [1.82, 2.24) is 24.8 Å². The minimum Gasteiger partial charge on any atom is -0.384 e. The Kier molecular flexibility index (Phi) is 7.42. The topological polar surface area (TPSA) is 126 Å². The number of urea groups is 1. The first-order valence-electron chi connectivity index (χ1n) is 12.1. The minimum atomic E-state index is -1.12. The largest absolute Gasteiger partial charge is 0.384 e. The molecule has 1 aromatic carbocycles. The number of carbonyl (C=O) groups excluding carboxylic acids is 3. The van der Waals surface area contributed by atoms with Gasteiger partial charge in [0.05, 0.1) is 12.0 Å². The van der Waals surface area contributed by atoms with Crippen molar-refractivity contribution >= 4 is 29.6 Å². The highest BCUT2D eigenvalue weighted by Crippen LogP contribution is 2.33. The number of likely N-dealkylation sites (N-methyl/N-ethyl adjacent to an activating group) is 1. The van der Waals surface area contributed by atoms with Gasteiger partial charge in [0.15, 0.2) is 11.6 Å². The van der Waals surface area contributed by atoms with Gasteiger partial charge in [0.1, 0.15) is 11.9 Å². The highest BCUT2D eigenvalue weighted by Gasteiger charge is 2.55. The van der Waals surface area contributed by atoms with Gasteiger partial charge >= 0.3 is 6.03 Å². The number of nitrogens with two attached hydrogens (primary N) is 1. The van der Waals surface area contributed by atoms with E-state index in [-0.39, 0.29) is 17.8 Å². The van der Waals surface area contributed by atoms with E-state index in [1.54, 1.807) is 36.9 Å². The number of nitrogens with one attached hydrogen (secondary N) is 1. The van der Waals surface area contributed by atoms with E-state index >= 15 is 0 Å². The van der Waals surface area contributed by atoms with Crippen LogP contribution in [-0.4, -0.2) is 50.4 Å². The van der Waals surface area contributed by atoms with Gasteiger partial charge in [0.2, 0.25) is 11.9 Å². The molecule has 0 aliphatic carbocycles. The molecule has 4 amide bonds. The Labute approximate surface area is 218 Å². The SMILES string of the molecule is CC[C@@H](NC(=O)N1C(=O)[C@H](Cc2ccnc(N)c2)[C@H]1C(=O)N(C)c1nccn1C)c1ccc(F)c(F)c1C. The van der Waals surface area contributed by atoms with Crippen molar-refractivity contribution in [1.29, 1.82) is 0 Å². The number of nitrogen functional groups attached to an aromatic ring is 1. The van der Waals surface area contributed by atoms with Gasteiger partial charge in [-0.15, -0.1) is 0 Å². The lowest BCUT2D eigenvalue weighted by Gasteiger charge is -2.45. The molecule has 0 unspecified atom stereocenters. The quantitative estimate of drug-likeness (QED) is 0.457. The molecule has 10 nitrogen and oxygen atoms in total. The Hall–Kier alpha value is -4.35. The monoisotopic (exact) mass is 525 g/mol. The maximum atomic E-state index is 14.2. The van der Waals surface area contributed by atoms with Gasteiger partial charge in [-0.2, -0.15) is 0 Å². The van der Waals surface area contributed by atoms with Crippen LogP contribution >= 0.6 is 0 Å². The van der Waals surface area contributed by atoms with E-state index < -0.39 is 47.5 Å². The molecule has 4 rings (SSSR count). The van der Waals surface area contributed by atoms with Crippen molar-refractivity contribution in [3.05, 3.63) is 71.2 Å². The fraction of sp³-hybridized carbons (Fsp3) is 0.346. The summed E-state index contributed by atoms with van der Waals surface area (Å²) in [4.78, 5) is 50.6. The Balaban J connectivity index is 1.63. The van der Waals surface area contributed by atoms with Gasteiger partial charge in [0, 0.05) is 32.7 Å². The molecular weight excluding hydrogens is 496 g/mol. The van der Waals surface area contributed by atoms with Crippen LogP contribution in [0.5, 0.6) is 0 Å². The van der Waals surface area contributed by atoms with Crippen LogP contribution in [-0.2, 0) is 23.1 Å². The van der Waals surface area contributed by atoms with E-state index in [1.165, 1.54) is 37.3 Å². The number of pyridine rings is 1. The zero-order valence-corrected chi connectivity index (χ0v) is 21.5. The number of nitrogens with zero attached hydrogens (tertiary/aromatic N) is 5. The van der Waals surface area contributed by atoms with Crippen molar-refractivity contribution in [2.45, 2.75) is 38.8 Å². The second-order valence-corrected chi connectivity index (χ2v) is 9.27. The van der Waals surface area contributed by atoms with E-state index in [2.05, 4.69) is 15.3 Å². The number of rotatable bonds is 7. The maximum Gasteiger partial charge on any atom is 0.325 e. The van der Waals surface area contributed by atoms with Crippen molar-refractivity contribution in [2.75, 3.05) is 17.7 Å². The predicted octanol–water partition coefficient (Wildman–Crippen LogP) is 2.88. The Morgan fingerprint density at radius 2 is 1.95 bits per heavy atom. The van der Waals surface area contributed by atoms with Gasteiger partial charge < -0.3 is 15.6 Å². The number of likely N-dealkylation sites (tertiary alicyclic amines) is 1. The molecule has 1 saturated heterocycles. The second kappa shape index (κ2) is 10.6. The van der Waals surface area contributed by atoms with Crippen molar-refractivity contribution < 1.29 is 23.2 Å². The fourth-order valence-electron chi connectivity index (χ4n) is 4.77. The molecule has 38 heavy (non-hydrogen) atoms. The number of imide groups is 1. The minimum absolute atomic E-state index is 0.0578. The zero-order valence-electron chi connectivity index (χ0n) is 21.5. The van der Waals surface area contributed by atoms with Crippen LogP contribution in [0.3, 0.4) is 0 Å². The lowest BCUT2D eigenvalue weighted by molar-refractivity contribution is -0.156. The molecule has 200 valence electrons. The first-order valence-corrected chi connectivity index (χ1v) is 12.1. The molecule has 0 radical (unpaired) electrons. The van der Waals surface area contributed by atoms with Crippen LogP contribution in [0, 0.1) is 24.5 Å². The first-order chi connectivity index (χ1) is 18.0. The second-order valence-electron chi connectivity index (χ2n) is 9.27. The van der Waals surface area contributed by atoms with Gasteiger partial charge in [-0.05, 0) is 54.7 Å². The summed E-state index contributed by atoms with van der Waals surface area (Å²) in [6.45, 7) is 3.18. The van der Waals surface area contributed by atoms with Crippen LogP contribution in [0.25, 0.3) is 0 Å². The standard InChI is InChI=1S/C26H29F2N7O3/c1-5-19(16-6-7-18(27)21(28)14(16)2)32-26(38)35-22(24(37)34(4)25-31-10-11-33(25)3)17(23(35)36)12-15-8-9-30-20(29)13-15/h6-11,13,17,19,22H,5,12H2,1-4H3,(H2,29,30)(H,32,38)/t17-,19-,22+/m1/s1. The number of halogens is 2. The van der Waals surface area contributed by atoms with Crippen molar-refractivity contribution in [3.63, 3.8) is 0 Å². The summed E-state index contributed by atoms with van der Waals surface area (Å²) >= 11 is 0. The number of β-lactam (4-membered cyclic amide) rings is 1. The highest BCUT2D eigenvalue weighted by molar-refractivity contribution is 6.12. The molecule has 1 aliphatic rings. The molecule has 3 aromatic rings. The highest BCUT2D eigenvalue weighted by atomic mass is 19.2. The van der Waals surface area contributed by atoms with E-state index in [0.717, 1.165) is 11.0 Å². The van der Waals surface area contributed by atoms with Crippen LogP contribution in [0.1, 0.15) is 36.1 Å². The van der Waals surface area contributed by atoms with Crippen LogP contribution in [0.2, 0.25) is 0 Å². The number of carbonyl (C=O) groups is 3. The van der Waals surface area contributed by atoms with Gasteiger partial charge in [-0.25, -0.2) is 23.5 Å². The first kappa shape index (κ1) is 26.7. The summed E-state index contributed by atoms with van der Waals surface area (Å²) in [5, 5.41) is 2.72. The number of hydrogen-bond donors (Lipinski definition) is 2. The third kappa shape index (κ3) is 4.81. The Bertz CT molecular complexity index is 1390. The van der Waals surface area contributed by atoms with Crippen LogP contribution < -0.4 is 16.0 Å². The summed E-state index contributed by atoms with van der Waals surface area (Å²) in [5.74, 6) is -3.26. The molecule has 3 heterocycles. The number of anilines is 2. The molecule has 0 bridgehead atoms. The van der Waals surface area contributed by atoms with Crippen molar-refractivity contribution in [2.24, 2.45) is 13.0 Å². The number of amides is 4. The molecule has 1 aliphatic heterocycles. The maximum absolute atomic E-state index is 14.2. The summed E-state index contributed by atoms with van der Waals surface area (Å²) in [6, 6.07) is 3.05. The average molecular weight is 526 g/mol. The number of benzene rings is 1. The summed E-state index contributed by atoms with van der Waals surface area (Å²) in [6.07, 6.45) is 5.21. The molecule has 2 aromatic heterocycles. The van der Waals surface area contributed by atoms with Crippen LogP contribution in [0.4, 0.5) is 25.3 Å². The molecule has 0 spiro atoms. The van der Waals surface area contributed by atoms with E-state index in [0.29, 0.717) is 23.5 Å². The normalized spacial score (nSPS) is 17.6. The van der Waals surface area contributed by atoms with Gasteiger partial charge in [-0.3, -0.25) is 19.4 Å². The molecular formula is C26H29F2N7O3. The Morgan fingerprint density at radius 1 is 1.21 bits per heavy atom. The lowest BCUT2D eigenvalue weighted by atomic mass is 9.81. The number of aryl methyl sites for hydroxylation is 1. The molecule has 3 N–H and O–H groups in total. The summed E-state index contributed by atoms with van der Waals surface area (Å²) in [5.41, 5.74) is 6.91. The fourth-order valence-corrected chi connectivity index (χ4v) is 4.77. The third-order valence-corrected chi connectivity index (χ3v) is 6.88. The van der Waals surface area contributed by atoms with E-state index in [4.69, 9.17) is 5.73 Å². The van der Waals surface area contributed by atoms with E-state index in [9.17, 15) is 23.2 Å². The third-order valence-electron chi connectivity index (χ3n) is 6.88. The number of imidazole rings is 1. The Morgan fingerprint density at radius 3 is 2.58 bits per heavy atom. The predicted molar refractivity (Wildman–Crippen MR) is 136 cm³/mol. The molecule has 1 fully saturated rings. The zero-order chi connectivity index (χ0) is 27.7.